The van der Waals surface area contributed by atoms with E-state index in [0.29, 0.717) is 0 Å². The lowest BCUT2D eigenvalue weighted by Crippen LogP contribution is -2.63. The fourth-order valence-corrected chi connectivity index (χ4v) is 12.3. The van der Waals surface area contributed by atoms with E-state index in [9.17, 15) is 30.4 Å². The summed E-state index contributed by atoms with van der Waals surface area (Å²) in [5.74, 6) is -18.8. The van der Waals surface area contributed by atoms with E-state index in [1.807, 2.05) is 0 Å². The number of ether oxygens (including phenoxy) is 9. The van der Waals surface area contributed by atoms with E-state index in [4.69, 9.17) is 46.3 Å². The van der Waals surface area contributed by atoms with Gasteiger partial charge in [0.2, 0.25) is 0 Å². The normalized spacial score (nSPS) is 13.6. The van der Waals surface area contributed by atoms with E-state index in [2.05, 4.69) is 0 Å². The summed E-state index contributed by atoms with van der Waals surface area (Å²) in [6.07, 6.45) is -14.9. The Balaban J connectivity index is 3.27. The predicted molar refractivity (Wildman–Crippen MR) is 254 cm³/mol. The van der Waals surface area contributed by atoms with Crippen molar-refractivity contribution in [2.45, 2.75) is 218 Å². The minimum absolute atomic E-state index is 0.0612. The van der Waals surface area contributed by atoms with E-state index in [1.54, 1.807) is 41.5 Å². The number of benzene rings is 3. The maximum atomic E-state index is 16.9. The van der Waals surface area contributed by atoms with Crippen LogP contribution >= 0.6 is 10.3 Å². The van der Waals surface area contributed by atoms with Gasteiger partial charge in [0.25, 0.3) is 0 Å². The van der Waals surface area contributed by atoms with Crippen LogP contribution < -0.4 is 42.6 Å². The first-order valence-electron chi connectivity index (χ1n) is 23.2. The summed E-state index contributed by atoms with van der Waals surface area (Å²) in [4.78, 5) is -2.23. The van der Waals surface area contributed by atoms with Gasteiger partial charge in [-0.1, -0.05) is 0 Å². The lowest BCUT2D eigenvalue weighted by molar-refractivity contribution is -0.382. The van der Waals surface area contributed by atoms with Gasteiger partial charge in [0, 0.05) is 36.4 Å². The van der Waals surface area contributed by atoms with Crippen LogP contribution in [0.15, 0.2) is 51.1 Å². The maximum Gasteiger partial charge on any atom is 0.460 e. The zero-order valence-electron chi connectivity index (χ0n) is 43.8. The Morgan fingerprint density at radius 1 is 0.333 bits per heavy atom. The van der Waals surface area contributed by atoms with E-state index < -0.39 is 148 Å². The third kappa shape index (κ3) is 14.0. The van der Waals surface area contributed by atoms with Crippen molar-refractivity contribution >= 4 is 20.4 Å². The van der Waals surface area contributed by atoms with Gasteiger partial charge in [-0.05, 0) is 135 Å². The van der Waals surface area contributed by atoms with Gasteiger partial charge in [-0.2, -0.15) is 47.9 Å². The average molecular weight is 1090 g/mol. The van der Waals surface area contributed by atoms with Gasteiger partial charge in [-0.25, -0.2) is 3.63 Å². The molecule has 0 saturated heterocycles. The minimum atomic E-state index is -7.98. The standard InChI is InChI=1S/C49H69F9O12S2/c1-25(2)61-34-19-37(64-28(7)8)43(38(20-34)65-29(9)10)71(70-72(59,60)49(57,58)47(52,53)46(50,51)48(54,55)56,44-39(66-30(11)12)21-35(62-26(3)4)22-40(44)67-31(13)14)45-41(68-32(15)16)23-36(63-27(5)6)24-42(45)69-33(17)18/h19-33H,1-18H3. The Morgan fingerprint density at radius 3 is 0.694 bits per heavy atom. The fourth-order valence-electron chi connectivity index (χ4n) is 6.68. The molecule has 3 rings (SSSR count). The van der Waals surface area contributed by atoms with E-state index in [0.717, 1.165) is 0 Å². The third-order valence-electron chi connectivity index (χ3n) is 8.76. The van der Waals surface area contributed by atoms with Crippen LogP contribution in [0.5, 0.6) is 51.7 Å². The molecule has 0 heterocycles. The first kappa shape index (κ1) is 61.8. The Kier molecular flexibility index (Phi) is 20.0. The lowest BCUT2D eigenvalue weighted by atomic mass is 10.1. The number of halogens is 9. The summed E-state index contributed by atoms with van der Waals surface area (Å²) in [6.45, 7) is 27.9. The number of hydrogen-bond donors (Lipinski definition) is 0. The molecule has 0 unspecified atom stereocenters. The molecule has 0 fully saturated rings. The van der Waals surface area contributed by atoms with Crippen molar-refractivity contribution in [3.63, 3.8) is 0 Å². The number of alkyl halides is 9. The second kappa shape index (κ2) is 23.4. The van der Waals surface area contributed by atoms with Crippen LogP contribution in [0.4, 0.5) is 39.5 Å². The summed E-state index contributed by atoms with van der Waals surface area (Å²) in [6, 6.07) is 7.05. The highest BCUT2D eigenvalue weighted by Crippen LogP contribution is 2.82. The molecule has 0 aromatic heterocycles. The van der Waals surface area contributed by atoms with Crippen molar-refractivity contribution in [2.75, 3.05) is 0 Å². The molecule has 0 atom stereocenters. The molecular weight excluding hydrogens is 1020 g/mol. The second-order valence-electron chi connectivity index (χ2n) is 19.0. The average Bonchev–Trinajstić information content (AvgIpc) is 3.14. The Bertz CT molecular complexity index is 2110. The lowest BCUT2D eigenvalue weighted by Gasteiger charge is -2.45. The second-order valence-corrected chi connectivity index (χ2v) is 23.3. The first-order valence-corrected chi connectivity index (χ1v) is 26.2. The molecule has 0 aliphatic heterocycles. The summed E-state index contributed by atoms with van der Waals surface area (Å²) >= 11 is 0. The summed E-state index contributed by atoms with van der Waals surface area (Å²) in [7, 11) is -13.4. The number of hydrogen-bond acceptors (Lipinski definition) is 12. The molecule has 412 valence electrons. The predicted octanol–water partition coefficient (Wildman–Crippen LogP) is 14.7. The number of rotatable bonds is 26. The quantitative estimate of drug-likeness (QED) is 0.0710. The molecule has 0 bridgehead atoms. The van der Waals surface area contributed by atoms with Crippen molar-refractivity contribution in [3.8, 4) is 51.7 Å². The van der Waals surface area contributed by atoms with Gasteiger partial charge >= 0.3 is 33.4 Å². The van der Waals surface area contributed by atoms with Crippen LogP contribution in [0.1, 0.15) is 125 Å². The molecule has 12 nitrogen and oxygen atoms in total. The van der Waals surface area contributed by atoms with Crippen LogP contribution in [-0.2, 0) is 13.7 Å². The molecule has 3 aromatic carbocycles. The van der Waals surface area contributed by atoms with Gasteiger partial charge in [0.05, 0.1) is 54.9 Å². The summed E-state index contributed by atoms with van der Waals surface area (Å²) in [5.41, 5.74) is 0. The van der Waals surface area contributed by atoms with Gasteiger partial charge in [-0.3, -0.25) is 0 Å². The van der Waals surface area contributed by atoms with E-state index >= 15 is 17.6 Å². The Morgan fingerprint density at radius 2 is 0.528 bits per heavy atom. The van der Waals surface area contributed by atoms with Crippen LogP contribution in [0.25, 0.3) is 0 Å². The Hall–Kier alpha value is -4.51. The fraction of sp³-hybridized carbons (Fsp3) is 0.633. The van der Waals surface area contributed by atoms with Gasteiger partial charge in [0.1, 0.15) is 66.4 Å². The molecule has 0 spiro atoms. The van der Waals surface area contributed by atoms with E-state index in [-0.39, 0.29) is 17.2 Å². The summed E-state index contributed by atoms with van der Waals surface area (Å²) in [5, 5.41) is -7.45. The van der Waals surface area contributed by atoms with Crippen molar-refractivity contribution in [2.24, 2.45) is 0 Å². The molecule has 0 aliphatic rings. The molecule has 0 saturated carbocycles. The molecule has 72 heavy (non-hydrogen) atoms. The van der Waals surface area contributed by atoms with Gasteiger partial charge in [0.15, 0.2) is 0 Å². The van der Waals surface area contributed by atoms with Crippen LogP contribution in [0.3, 0.4) is 0 Å². The van der Waals surface area contributed by atoms with Crippen molar-refractivity contribution in [1.29, 1.82) is 0 Å². The Labute approximate surface area is 419 Å². The van der Waals surface area contributed by atoms with Crippen molar-refractivity contribution < 1.29 is 94.2 Å². The molecule has 23 heteroatoms. The monoisotopic (exact) mass is 1080 g/mol. The highest BCUT2D eigenvalue weighted by atomic mass is 32.3. The van der Waals surface area contributed by atoms with Gasteiger partial charge in [-0.15, -0.1) is 0 Å². The van der Waals surface area contributed by atoms with Crippen LogP contribution in [0.2, 0.25) is 0 Å². The van der Waals surface area contributed by atoms with Crippen molar-refractivity contribution in [1.82, 2.24) is 0 Å². The van der Waals surface area contributed by atoms with E-state index in [1.165, 1.54) is 119 Å². The maximum absolute atomic E-state index is 16.9. The van der Waals surface area contributed by atoms with Crippen molar-refractivity contribution in [3.05, 3.63) is 36.4 Å². The molecule has 0 N–H and O–H groups in total. The molecule has 0 amide bonds. The molecular formula is C49H69F9O12S2. The topological polar surface area (TPSA) is 126 Å². The third-order valence-corrected chi connectivity index (χ3v) is 14.1. The summed E-state index contributed by atoms with van der Waals surface area (Å²) < 4.78 is 230. The first-order chi connectivity index (χ1) is 32.7. The van der Waals surface area contributed by atoms with Crippen LogP contribution in [-0.4, -0.2) is 86.6 Å². The molecule has 0 aliphatic carbocycles. The highest BCUT2D eigenvalue weighted by Gasteiger charge is 2.86. The zero-order chi connectivity index (χ0) is 55.4. The minimum Gasteiger partial charge on any atom is -0.491 e. The zero-order valence-corrected chi connectivity index (χ0v) is 45.4. The van der Waals surface area contributed by atoms with Gasteiger partial charge < -0.3 is 42.6 Å². The molecule has 0 radical (unpaired) electrons. The van der Waals surface area contributed by atoms with Crippen LogP contribution in [0, 0.1) is 0 Å². The molecule has 3 aromatic rings. The highest BCUT2D eigenvalue weighted by molar-refractivity contribution is 8.33. The smallest absolute Gasteiger partial charge is 0.460 e. The largest absolute Gasteiger partial charge is 0.491 e. The SMILES string of the molecule is CC(C)Oc1cc(OC(C)C)c(S(OS(=O)(=O)C(F)(F)C(F)(F)C(F)(F)C(F)(F)F)(c2c(OC(C)C)cc(OC(C)C)cc2OC(C)C)c2c(OC(C)C)cc(OC(C)C)cc2OC(C)C)c(OC(C)C)c1.